The summed E-state index contributed by atoms with van der Waals surface area (Å²) in [6, 6.07) is 7.63. The van der Waals surface area contributed by atoms with Crippen molar-refractivity contribution >= 4 is 17.5 Å². The molecule has 1 saturated heterocycles. The molecule has 0 radical (unpaired) electrons. The molecule has 1 heterocycles. The number of hydrogen-bond acceptors (Lipinski definition) is 2. The standard InChI is InChI=1S/C15H21ClN2O/c1-10(2)9-18-14(19)8-7-13(17)15(18)11-3-5-12(16)6-4-11/h3-6,10,13,15H,7-9,17H2,1-2H3. The average Bonchev–Trinajstić information content (AvgIpc) is 2.35. The normalized spacial score (nSPS) is 24.1. The van der Waals surface area contributed by atoms with E-state index in [2.05, 4.69) is 13.8 Å². The van der Waals surface area contributed by atoms with E-state index in [1.807, 2.05) is 29.2 Å². The van der Waals surface area contributed by atoms with Gasteiger partial charge in [-0.3, -0.25) is 4.79 Å². The first-order chi connectivity index (χ1) is 8.99. The Hall–Kier alpha value is -1.06. The van der Waals surface area contributed by atoms with E-state index in [0.29, 0.717) is 17.4 Å². The zero-order chi connectivity index (χ0) is 14.0. The molecule has 1 aliphatic heterocycles. The van der Waals surface area contributed by atoms with Gasteiger partial charge in [0.05, 0.1) is 6.04 Å². The third kappa shape index (κ3) is 3.28. The average molecular weight is 281 g/mol. The molecule has 0 saturated carbocycles. The van der Waals surface area contributed by atoms with Crippen LogP contribution in [0.15, 0.2) is 24.3 Å². The summed E-state index contributed by atoms with van der Waals surface area (Å²) < 4.78 is 0. The van der Waals surface area contributed by atoms with Crippen molar-refractivity contribution in [3.63, 3.8) is 0 Å². The van der Waals surface area contributed by atoms with Crippen LogP contribution >= 0.6 is 11.6 Å². The third-order valence-electron chi connectivity index (χ3n) is 3.53. The summed E-state index contributed by atoms with van der Waals surface area (Å²) in [5.74, 6) is 0.638. The predicted molar refractivity (Wildman–Crippen MR) is 78.0 cm³/mol. The number of carbonyl (C=O) groups is 1. The number of rotatable bonds is 3. The van der Waals surface area contributed by atoms with E-state index in [0.717, 1.165) is 18.5 Å². The maximum Gasteiger partial charge on any atom is 0.223 e. The summed E-state index contributed by atoms with van der Waals surface area (Å²) in [4.78, 5) is 14.1. The first-order valence-electron chi connectivity index (χ1n) is 6.79. The molecule has 2 unspecified atom stereocenters. The van der Waals surface area contributed by atoms with E-state index < -0.39 is 0 Å². The van der Waals surface area contributed by atoms with Gasteiger partial charge >= 0.3 is 0 Å². The molecule has 1 aromatic rings. The summed E-state index contributed by atoms with van der Waals surface area (Å²) in [7, 11) is 0. The monoisotopic (exact) mass is 280 g/mol. The molecule has 2 atom stereocenters. The molecule has 2 rings (SSSR count). The molecule has 1 aromatic carbocycles. The van der Waals surface area contributed by atoms with Crippen LogP contribution in [0.3, 0.4) is 0 Å². The predicted octanol–water partition coefficient (Wildman–Crippen LogP) is 2.99. The molecule has 1 aliphatic rings. The molecule has 2 N–H and O–H groups in total. The van der Waals surface area contributed by atoms with Gasteiger partial charge in [-0.25, -0.2) is 0 Å². The highest BCUT2D eigenvalue weighted by atomic mass is 35.5. The van der Waals surface area contributed by atoms with Crippen molar-refractivity contribution in [2.24, 2.45) is 11.7 Å². The summed E-state index contributed by atoms with van der Waals surface area (Å²) in [6.45, 7) is 4.98. The van der Waals surface area contributed by atoms with Gasteiger partial charge in [-0.2, -0.15) is 0 Å². The lowest BCUT2D eigenvalue weighted by Gasteiger charge is -2.41. The highest BCUT2D eigenvalue weighted by molar-refractivity contribution is 6.30. The van der Waals surface area contributed by atoms with Gasteiger partial charge in [-0.15, -0.1) is 0 Å². The van der Waals surface area contributed by atoms with Crippen LogP contribution in [0.25, 0.3) is 0 Å². The van der Waals surface area contributed by atoms with Crippen LogP contribution in [0.4, 0.5) is 0 Å². The number of carbonyl (C=O) groups excluding carboxylic acids is 1. The Bertz CT molecular complexity index is 444. The number of nitrogens with two attached hydrogens (primary N) is 1. The molecule has 0 bridgehead atoms. The fourth-order valence-electron chi connectivity index (χ4n) is 2.67. The van der Waals surface area contributed by atoms with Crippen LogP contribution in [-0.4, -0.2) is 23.4 Å². The van der Waals surface area contributed by atoms with E-state index >= 15 is 0 Å². The summed E-state index contributed by atoms with van der Waals surface area (Å²) in [5.41, 5.74) is 7.33. The molecule has 104 valence electrons. The number of hydrogen-bond donors (Lipinski definition) is 1. The Morgan fingerprint density at radius 2 is 2.00 bits per heavy atom. The molecule has 3 nitrogen and oxygen atoms in total. The fourth-order valence-corrected chi connectivity index (χ4v) is 2.80. The maximum atomic E-state index is 12.2. The van der Waals surface area contributed by atoms with Crippen LogP contribution in [0.5, 0.6) is 0 Å². The molecule has 1 amide bonds. The SMILES string of the molecule is CC(C)CN1C(=O)CCC(N)C1c1ccc(Cl)cc1. The number of benzene rings is 1. The van der Waals surface area contributed by atoms with Crippen molar-refractivity contribution in [3.8, 4) is 0 Å². The van der Waals surface area contributed by atoms with Crippen LogP contribution in [0.2, 0.25) is 5.02 Å². The fraction of sp³-hybridized carbons (Fsp3) is 0.533. The molecule has 0 aliphatic carbocycles. The molecule has 1 fully saturated rings. The minimum Gasteiger partial charge on any atom is -0.334 e. The largest absolute Gasteiger partial charge is 0.334 e. The van der Waals surface area contributed by atoms with Crippen LogP contribution in [0, 0.1) is 5.92 Å². The second kappa shape index (κ2) is 5.93. The molecule has 0 spiro atoms. The zero-order valence-corrected chi connectivity index (χ0v) is 12.2. The van der Waals surface area contributed by atoms with Gasteiger partial charge in [0.25, 0.3) is 0 Å². The number of likely N-dealkylation sites (tertiary alicyclic amines) is 1. The van der Waals surface area contributed by atoms with Gasteiger partial charge in [-0.05, 0) is 30.0 Å². The van der Waals surface area contributed by atoms with Gasteiger partial charge in [0.2, 0.25) is 5.91 Å². The smallest absolute Gasteiger partial charge is 0.223 e. The Balaban J connectivity index is 2.30. The molecule has 4 heteroatoms. The second-order valence-corrected chi connectivity index (χ2v) is 6.08. The Kier molecular flexibility index (Phi) is 4.48. The van der Waals surface area contributed by atoms with Gasteiger partial charge in [-0.1, -0.05) is 37.6 Å². The summed E-state index contributed by atoms with van der Waals surface area (Å²) in [5, 5.41) is 0.704. The lowest BCUT2D eigenvalue weighted by Crippen LogP contribution is -2.49. The van der Waals surface area contributed by atoms with Crippen molar-refractivity contribution in [1.29, 1.82) is 0 Å². The van der Waals surface area contributed by atoms with Gasteiger partial charge in [0.1, 0.15) is 0 Å². The topological polar surface area (TPSA) is 46.3 Å². The Morgan fingerprint density at radius 3 is 2.58 bits per heavy atom. The maximum absolute atomic E-state index is 12.2. The number of halogens is 1. The number of piperidine rings is 1. The molecule has 19 heavy (non-hydrogen) atoms. The van der Waals surface area contributed by atoms with Crippen molar-refractivity contribution in [2.75, 3.05) is 6.54 Å². The van der Waals surface area contributed by atoms with Crippen molar-refractivity contribution in [1.82, 2.24) is 4.90 Å². The van der Waals surface area contributed by atoms with Crippen molar-refractivity contribution in [2.45, 2.75) is 38.8 Å². The lowest BCUT2D eigenvalue weighted by molar-refractivity contribution is -0.138. The third-order valence-corrected chi connectivity index (χ3v) is 3.78. The number of nitrogens with zero attached hydrogens (tertiary/aromatic N) is 1. The first kappa shape index (κ1) is 14.4. The minimum absolute atomic E-state index is 0.00220. The van der Waals surface area contributed by atoms with Crippen LogP contribution in [-0.2, 0) is 4.79 Å². The van der Waals surface area contributed by atoms with Crippen LogP contribution < -0.4 is 5.73 Å². The van der Waals surface area contributed by atoms with Crippen LogP contribution in [0.1, 0.15) is 38.3 Å². The van der Waals surface area contributed by atoms with Gasteiger partial charge < -0.3 is 10.6 Å². The Morgan fingerprint density at radius 1 is 1.37 bits per heavy atom. The van der Waals surface area contributed by atoms with Gasteiger partial charge in [0, 0.05) is 24.0 Å². The number of amides is 1. The van der Waals surface area contributed by atoms with E-state index in [9.17, 15) is 4.79 Å². The molecular formula is C15H21ClN2O. The zero-order valence-electron chi connectivity index (χ0n) is 11.5. The van der Waals surface area contributed by atoms with Gasteiger partial charge in [0.15, 0.2) is 0 Å². The quantitative estimate of drug-likeness (QED) is 0.925. The lowest BCUT2D eigenvalue weighted by atomic mass is 9.90. The van der Waals surface area contributed by atoms with Crippen molar-refractivity contribution < 1.29 is 4.79 Å². The summed E-state index contributed by atoms with van der Waals surface area (Å²) >= 11 is 5.92. The second-order valence-electron chi connectivity index (χ2n) is 5.64. The minimum atomic E-state index is -0.0269. The van der Waals surface area contributed by atoms with E-state index in [1.54, 1.807) is 0 Å². The first-order valence-corrected chi connectivity index (χ1v) is 7.17. The molecular weight excluding hydrogens is 260 g/mol. The highest BCUT2D eigenvalue weighted by Gasteiger charge is 2.34. The molecule has 0 aromatic heterocycles. The summed E-state index contributed by atoms with van der Waals surface area (Å²) in [6.07, 6.45) is 1.30. The van der Waals surface area contributed by atoms with E-state index in [4.69, 9.17) is 17.3 Å². The van der Waals surface area contributed by atoms with E-state index in [-0.39, 0.29) is 18.0 Å². The Labute approximate surface area is 119 Å². The highest BCUT2D eigenvalue weighted by Crippen LogP contribution is 2.32. The van der Waals surface area contributed by atoms with E-state index in [1.165, 1.54) is 0 Å². The van der Waals surface area contributed by atoms with Crippen molar-refractivity contribution in [3.05, 3.63) is 34.9 Å².